The Morgan fingerprint density at radius 1 is 1.39 bits per heavy atom. The van der Waals surface area contributed by atoms with Gasteiger partial charge in [0.2, 0.25) is 0 Å². The summed E-state index contributed by atoms with van der Waals surface area (Å²) in [5.41, 5.74) is 2.37. The fourth-order valence-corrected chi connectivity index (χ4v) is 2.61. The van der Waals surface area contributed by atoms with Crippen LogP contribution in [0.1, 0.15) is 42.3 Å². The van der Waals surface area contributed by atoms with Crippen LogP contribution in [0.5, 0.6) is 0 Å². The van der Waals surface area contributed by atoms with Gasteiger partial charge in [-0.1, -0.05) is 6.42 Å². The maximum atomic E-state index is 10.1. The lowest BCUT2D eigenvalue weighted by Gasteiger charge is -2.06. The van der Waals surface area contributed by atoms with Crippen molar-refractivity contribution in [3.05, 3.63) is 35.7 Å². The second-order valence-electron chi connectivity index (χ2n) is 4.97. The van der Waals surface area contributed by atoms with Gasteiger partial charge in [-0.15, -0.1) is 0 Å². The van der Waals surface area contributed by atoms with E-state index in [1.54, 1.807) is 11.0 Å². The van der Waals surface area contributed by atoms with Crippen molar-refractivity contribution in [2.24, 2.45) is 7.05 Å². The number of hydrogen-bond donors (Lipinski definition) is 1. The van der Waals surface area contributed by atoms with E-state index in [0.717, 1.165) is 37.1 Å². The smallest absolute Gasteiger partial charge is 0.146 e. The molecule has 0 aromatic carbocycles. The third-order valence-corrected chi connectivity index (χ3v) is 3.66. The zero-order valence-electron chi connectivity index (χ0n) is 10.6. The van der Waals surface area contributed by atoms with Gasteiger partial charge in [0, 0.05) is 25.0 Å². The summed E-state index contributed by atoms with van der Waals surface area (Å²) in [6, 6.07) is 0. The minimum atomic E-state index is -0.303. The van der Waals surface area contributed by atoms with Gasteiger partial charge < -0.3 is 9.67 Å². The first-order valence-electron chi connectivity index (χ1n) is 6.43. The molecule has 1 unspecified atom stereocenters. The number of aromatic nitrogens is 4. The minimum Gasteiger partial charge on any atom is -0.388 e. The van der Waals surface area contributed by atoms with Gasteiger partial charge >= 0.3 is 0 Å². The molecule has 1 atom stereocenters. The zero-order valence-corrected chi connectivity index (χ0v) is 10.6. The first-order valence-corrected chi connectivity index (χ1v) is 6.43. The normalized spacial score (nSPS) is 19.6. The summed E-state index contributed by atoms with van der Waals surface area (Å²) in [4.78, 5) is 4.22. The number of rotatable bonds is 2. The van der Waals surface area contributed by atoms with Gasteiger partial charge in [0.25, 0.3) is 0 Å². The van der Waals surface area contributed by atoms with Crippen LogP contribution in [0.25, 0.3) is 0 Å². The molecule has 0 fully saturated rings. The number of aryl methyl sites for hydroxylation is 2. The summed E-state index contributed by atoms with van der Waals surface area (Å²) in [7, 11) is 1.89. The summed E-state index contributed by atoms with van der Waals surface area (Å²) >= 11 is 0. The summed E-state index contributed by atoms with van der Waals surface area (Å²) in [6.45, 7) is 0.705. The van der Waals surface area contributed by atoms with Crippen molar-refractivity contribution < 1.29 is 5.11 Å². The fourth-order valence-electron chi connectivity index (χ4n) is 2.61. The molecule has 18 heavy (non-hydrogen) atoms. The molecule has 2 aromatic heterocycles. The van der Waals surface area contributed by atoms with E-state index in [4.69, 9.17) is 0 Å². The maximum Gasteiger partial charge on any atom is 0.146 e. The van der Waals surface area contributed by atoms with E-state index in [1.807, 2.05) is 7.05 Å². The van der Waals surface area contributed by atoms with E-state index < -0.39 is 0 Å². The molecule has 0 aliphatic heterocycles. The Hall–Kier alpha value is -1.62. The predicted molar refractivity (Wildman–Crippen MR) is 67.1 cm³/mol. The van der Waals surface area contributed by atoms with Gasteiger partial charge in [-0.05, 0) is 24.8 Å². The quantitative estimate of drug-likeness (QED) is 0.815. The average molecular weight is 246 g/mol. The van der Waals surface area contributed by atoms with Crippen molar-refractivity contribution in [2.75, 3.05) is 0 Å². The van der Waals surface area contributed by atoms with E-state index in [1.165, 1.54) is 5.56 Å². The van der Waals surface area contributed by atoms with Crippen molar-refractivity contribution in [3.8, 4) is 0 Å². The summed E-state index contributed by atoms with van der Waals surface area (Å²) in [5.74, 6) is 0.926. The number of nitrogens with zero attached hydrogens (tertiary/aromatic N) is 4. The molecule has 1 N–H and O–H groups in total. The second-order valence-corrected chi connectivity index (χ2v) is 4.97. The Kier molecular flexibility index (Phi) is 2.91. The number of aliphatic hydroxyl groups excluding tert-OH is 1. The Balaban J connectivity index is 1.87. The van der Waals surface area contributed by atoms with E-state index in [-0.39, 0.29) is 6.10 Å². The van der Waals surface area contributed by atoms with Crippen LogP contribution < -0.4 is 0 Å². The highest BCUT2D eigenvalue weighted by Crippen LogP contribution is 2.29. The van der Waals surface area contributed by atoms with Gasteiger partial charge in [-0.2, -0.15) is 5.10 Å². The SMILES string of the molecule is Cn1ncnc1Cn1cc2c(c1)C(O)CCCC2. The van der Waals surface area contributed by atoms with Crippen LogP contribution in [0.3, 0.4) is 0 Å². The molecule has 0 saturated heterocycles. The predicted octanol–water partition coefficient (Wildman–Crippen LogP) is 1.42. The largest absolute Gasteiger partial charge is 0.388 e. The maximum absolute atomic E-state index is 10.1. The van der Waals surface area contributed by atoms with Crippen molar-refractivity contribution >= 4 is 0 Å². The van der Waals surface area contributed by atoms with Crippen molar-refractivity contribution in [2.45, 2.75) is 38.3 Å². The molecular formula is C13H18N4O. The molecule has 2 aromatic rings. The number of fused-ring (bicyclic) bond motifs is 1. The second kappa shape index (κ2) is 4.57. The van der Waals surface area contributed by atoms with E-state index in [2.05, 4.69) is 27.0 Å². The Morgan fingerprint density at radius 3 is 3.06 bits per heavy atom. The monoisotopic (exact) mass is 246 g/mol. The van der Waals surface area contributed by atoms with Crippen LogP contribution in [0, 0.1) is 0 Å². The average Bonchev–Trinajstić information content (AvgIpc) is 2.89. The van der Waals surface area contributed by atoms with Crippen LogP contribution in [0.2, 0.25) is 0 Å². The lowest BCUT2D eigenvalue weighted by atomic mass is 10.1. The molecule has 0 spiro atoms. The third kappa shape index (κ3) is 2.06. The summed E-state index contributed by atoms with van der Waals surface area (Å²) < 4.78 is 3.88. The summed E-state index contributed by atoms with van der Waals surface area (Å²) in [5, 5.41) is 14.2. The van der Waals surface area contributed by atoms with Crippen molar-refractivity contribution in [1.82, 2.24) is 19.3 Å². The van der Waals surface area contributed by atoms with Crippen LogP contribution in [-0.2, 0) is 20.0 Å². The third-order valence-electron chi connectivity index (χ3n) is 3.66. The first-order chi connectivity index (χ1) is 8.74. The number of aliphatic hydroxyl groups is 1. The van der Waals surface area contributed by atoms with Gasteiger partial charge in [-0.25, -0.2) is 4.98 Å². The molecule has 5 nitrogen and oxygen atoms in total. The molecule has 2 heterocycles. The molecule has 1 aliphatic rings. The Morgan fingerprint density at radius 2 is 2.28 bits per heavy atom. The first kappa shape index (κ1) is 11.5. The highest BCUT2D eigenvalue weighted by atomic mass is 16.3. The van der Waals surface area contributed by atoms with Crippen LogP contribution in [0.15, 0.2) is 18.7 Å². The molecule has 5 heteroatoms. The minimum absolute atomic E-state index is 0.303. The van der Waals surface area contributed by atoms with Gasteiger partial charge in [0.05, 0.1) is 12.6 Å². The summed E-state index contributed by atoms with van der Waals surface area (Å²) in [6.07, 6.45) is 9.68. The van der Waals surface area contributed by atoms with Crippen molar-refractivity contribution in [3.63, 3.8) is 0 Å². The Labute approximate surface area is 106 Å². The number of hydrogen-bond acceptors (Lipinski definition) is 3. The van der Waals surface area contributed by atoms with Gasteiger partial charge in [-0.3, -0.25) is 4.68 Å². The van der Waals surface area contributed by atoms with E-state index in [0.29, 0.717) is 6.54 Å². The van der Waals surface area contributed by atoms with E-state index >= 15 is 0 Å². The van der Waals surface area contributed by atoms with Crippen LogP contribution in [0.4, 0.5) is 0 Å². The molecule has 0 amide bonds. The van der Waals surface area contributed by atoms with Crippen molar-refractivity contribution in [1.29, 1.82) is 0 Å². The van der Waals surface area contributed by atoms with Crippen LogP contribution in [-0.4, -0.2) is 24.4 Å². The highest BCUT2D eigenvalue weighted by molar-refractivity contribution is 5.28. The van der Waals surface area contributed by atoms with Crippen LogP contribution >= 0.6 is 0 Å². The molecular weight excluding hydrogens is 228 g/mol. The highest BCUT2D eigenvalue weighted by Gasteiger charge is 2.18. The topological polar surface area (TPSA) is 55.9 Å². The molecule has 0 bridgehead atoms. The molecule has 0 radical (unpaired) electrons. The Bertz CT molecular complexity index is 543. The molecule has 96 valence electrons. The molecule has 3 rings (SSSR count). The standard InChI is InChI=1S/C13H18N4O/c1-16-13(14-9-15-16)8-17-6-10-4-2-3-5-12(18)11(10)7-17/h6-7,9,12,18H,2-5,8H2,1H3. The lowest BCUT2D eigenvalue weighted by molar-refractivity contribution is 0.166. The van der Waals surface area contributed by atoms with Gasteiger partial charge in [0.15, 0.2) is 0 Å². The zero-order chi connectivity index (χ0) is 12.5. The lowest BCUT2D eigenvalue weighted by Crippen LogP contribution is -2.05. The van der Waals surface area contributed by atoms with Gasteiger partial charge in [0.1, 0.15) is 12.2 Å². The molecule has 0 saturated carbocycles. The van der Waals surface area contributed by atoms with E-state index in [9.17, 15) is 5.11 Å². The fraction of sp³-hybridized carbons (Fsp3) is 0.538. The molecule has 1 aliphatic carbocycles.